The van der Waals surface area contributed by atoms with Gasteiger partial charge in [0, 0.05) is 0 Å². The maximum Gasteiger partial charge on any atom is 0.343 e. The zero-order valence-electron chi connectivity index (χ0n) is 10.6. The van der Waals surface area contributed by atoms with Gasteiger partial charge in [-0.2, -0.15) is 0 Å². The highest BCUT2D eigenvalue weighted by Gasteiger charge is 2.47. The molecule has 0 spiro atoms. The molecule has 1 rings (SSSR count). The van der Waals surface area contributed by atoms with Crippen LogP contribution in [-0.4, -0.2) is 22.6 Å². The maximum absolute atomic E-state index is 12.0. The molecule has 5 nitrogen and oxygen atoms in total. The topological polar surface area (TPSA) is 89.6 Å². The third kappa shape index (κ3) is 2.87. The summed E-state index contributed by atoms with van der Waals surface area (Å²) < 4.78 is 5.07. The standard InChI is InChI=1S/C13H17NO4/c1-12(2,3)18-11(17)13(14,10(15)16)9-7-5-4-6-8-9/h4-8H,14H2,1-3H3,(H,15,16). The largest absolute Gasteiger partial charge is 0.479 e. The summed E-state index contributed by atoms with van der Waals surface area (Å²) in [5.74, 6) is -2.42. The second kappa shape index (κ2) is 4.78. The minimum Gasteiger partial charge on any atom is -0.479 e. The molecule has 1 aromatic rings. The first kappa shape index (κ1) is 14.2. The number of carboxylic acids is 1. The predicted molar refractivity (Wildman–Crippen MR) is 65.8 cm³/mol. The Kier molecular flexibility index (Phi) is 3.76. The lowest BCUT2D eigenvalue weighted by Crippen LogP contribution is -2.54. The second-order valence-corrected chi connectivity index (χ2v) is 4.98. The zero-order valence-corrected chi connectivity index (χ0v) is 10.6. The number of carboxylic acid groups (broad SMARTS) is 1. The summed E-state index contributed by atoms with van der Waals surface area (Å²) in [7, 11) is 0. The van der Waals surface area contributed by atoms with Gasteiger partial charge in [0.25, 0.3) is 0 Å². The van der Waals surface area contributed by atoms with E-state index in [0.29, 0.717) is 0 Å². The van der Waals surface area contributed by atoms with Gasteiger partial charge in [0.05, 0.1) is 0 Å². The van der Waals surface area contributed by atoms with Crippen molar-refractivity contribution in [3.8, 4) is 0 Å². The highest BCUT2D eigenvalue weighted by molar-refractivity contribution is 6.04. The van der Waals surface area contributed by atoms with Crippen LogP contribution in [0.5, 0.6) is 0 Å². The molecule has 0 saturated carbocycles. The fourth-order valence-corrected chi connectivity index (χ4v) is 1.39. The summed E-state index contributed by atoms with van der Waals surface area (Å²) in [4.78, 5) is 23.3. The molecule has 0 fully saturated rings. The summed E-state index contributed by atoms with van der Waals surface area (Å²) in [5, 5.41) is 9.23. The van der Waals surface area contributed by atoms with Crippen LogP contribution in [0, 0.1) is 0 Å². The van der Waals surface area contributed by atoms with Crippen molar-refractivity contribution >= 4 is 11.9 Å². The Bertz CT molecular complexity index is 450. The van der Waals surface area contributed by atoms with Crippen LogP contribution in [0.3, 0.4) is 0 Å². The summed E-state index contributed by atoms with van der Waals surface area (Å²) in [6.07, 6.45) is 0. The average Bonchev–Trinajstić information content (AvgIpc) is 2.26. The minimum atomic E-state index is -2.19. The van der Waals surface area contributed by atoms with Gasteiger partial charge in [-0.25, -0.2) is 9.59 Å². The third-order valence-corrected chi connectivity index (χ3v) is 2.29. The summed E-state index contributed by atoms with van der Waals surface area (Å²) in [6, 6.07) is 7.91. The average molecular weight is 251 g/mol. The summed E-state index contributed by atoms with van der Waals surface area (Å²) >= 11 is 0. The van der Waals surface area contributed by atoms with Crippen molar-refractivity contribution in [3.63, 3.8) is 0 Å². The molecule has 18 heavy (non-hydrogen) atoms. The van der Waals surface area contributed by atoms with Gasteiger partial charge in [0.1, 0.15) is 5.60 Å². The number of hydrogen-bond acceptors (Lipinski definition) is 4. The van der Waals surface area contributed by atoms with Crippen LogP contribution in [0.15, 0.2) is 30.3 Å². The smallest absolute Gasteiger partial charge is 0.343 e. The van der Waals surface area contributed by atoms with Gasteiger partial charge in [0.2, 0.25) is 5.54 Å². The normalized spacial score (nSPS) is 14.7. The molecular formula is C13H17NO4. The minimum absolute atomic E-state index is 0.187. The Balaban J connectivity index is 3.17. The van der Waals surface area contributed by atoms with Crippen LogP contribution in [0.4, 0.5) is 0 Å². The van der Waals surface area contributed by atoms with E-state index in [1.54, 1.807) is 39.0 Å². The first-order valence-electron chi connectivity index (χ1n) is 5.49. The van der Waals surface area contributed by atoms with Crippen LogP contribution in [0.25, 0.3) is 0 Å². The van der Waals surface area contributed by atoms with Gasteiger partial charge in [-0.1, -0.05) is 30.3 Å². The predicted octanol–water partition coefficient (Wildman–Crippen LogP) is 1.27. The molecule has 1 aromatic carbocycles. The van der Waals surface area contributed by atoms with Crippen molar-refractivity contribution in [3.05, 3.63) is 35.9 Å². The van der Waals surface area contributed by atoms with Crippen LogP contribution >= 0.6 is 0 Å². The van der Waals surface area contributed by atoms with Crippen LogP contribution in [0.1, 0.15) is 26.3 Å². The number of nitrogens with two attached hydrogens (primary N) is 1. The zero-order chi connectivity index (χ0) is 14.0. The molecule has 0 saturated heterocycles. The Morgan fingerprint density at radius 3 is 2.06 bits per heavy atom. The summed E-state index contributed by atoms with van der Waals surface area (Å²) in [6.45, 7) is 4.95. The summed E-state index contributed by atoms with van der Waals surface area (Å²) in [5.41, 5.74) is 2.94. The molecule has 0 amide bonds. The number of ether oxygens (including phenoxy) is 1. The van der Waals surface area contributed by atoms with E-state index >= 15 is 0 Å². The van der Waals surface area contributed by atoms with Crippen LogP contribution in [0.2, 0.25) is 0 Å². The number of esters is 1. The lowest BCUT2D eigenvalue weighted by Gasteiger charge is -2.28. The molecule has 0 aliphatic heterocycles. The molecular weight excluding hydrogens is 234 g/mol. The number of carbonyl (C=O) groups is 2. The van der Waals surface area contributed by atoms with Gasteiger partial charge in [-0.3, -0.25) is 0 Å². The molecule has 0 bridgehead atoms. The third-order valence-electron chi connectivity index (χ3n) is 2.29. The van der Waals surface area contributed by atoms with Gasteiger partial charge in [0.15, 0.2) is 0 Å². The molecule has 1 unspecified atom stereocenters. The number of benzene rings is 1. The van der Waals surface area contributed by atoms with Gasteiger partial charge in [-0.15, -0.1) is 0 Å². The fraction of sp³-hybridized carbons (Fsp3) is 0.385. The van der Waals surface area contributed by atoms with E-state index in [1.165, 1.54) is 12.1 Å². The van der Waals surface area contributed by atoms with E-state index in [4.69, 9.17) is 10.5 Å². The molecule has 0 radical (unpaired) electrons. The first-order valence-corrected chi connectivity index (χ1v) is 5.49. The highest BCUT2D eigenvalue weighted by atomic mass is 16.6. The van der Waals surface area contributed by atoms with Crippen molar-refractivity contribution in [2.75, 3.05) is 0 Å². The van der Waals surface area contributed by atoms with Gasteiger partial charge in [-0.05, 0) is 26.3 Å². The second-order valence-electron chi connectivity index (χ2n) is 4.98. The molecule has 0 heterocycles. The number of carbonyl (C=O) groups excluding carboxylic acids is 1. The fourth-order valence-electron chi connectivity index (χ4n) is 1.39. The van der Waals surface area contributed by atoms with E-state index in [2.05, 4.69) is 0 Å². The molecule has 98 valence electrons. The highest BCUT2D eigenvalue weighted by Crippen LogP contribution is 2.23. The monoisotopic (exact) mass is 251 g/mol. The van der Waals surface area contributed by atoms with E-state index in [1.807, 2.05) is 0 Å². The van der Waals surface area contributed by atoms with Crippen molar-refractivity contribution in [2.24, 2.45) is 5.73 Å². The van der Waals surface area contributed by atoms with Gasteiger partial charge >= 0.3 is 11.9 Å². The molecule has 0 aromatic heterocycles. The van der Waals surface area contributed by atoms with Crippen molar-refractivity contribution < 1.29 is 19.4 Å². The van der Waals surface area contributed by atoms with Gasteiger partial charge < -0.3 is 15.6 Å². The number of aliphatic carboxylic acids is 1. The van der Waals surface area contributed by atoms with E-state index in [-0.39, 0.29) is 5.56 Å². The Morgan fingerprint density at radius 1 is 1.17 bits per heavy atom. The Morgan fingerprint density at radius 2 is 1.67 bits per heavy atom. The number of rotatable bonds is 3. The quantitative estimate of drug-likeness (QED) is 0.623. The van der Waals surface area contributed by atoms with Crippen LogP contribution in [-0.2, 0) is 19.9 Å². The van der Waals surface area contributed by atoms with E-state index < -0.39 is 23.1 Å². The molecule has 5 heteroatoms. The molecule has 3 N–H and O–H groups in total. The number of hydrogen-bond donors (Lipinski definition) is 2. The van der Waals surface area contributed by atoms with Crippen molar-refractivity contribution in [1.29, 1.82) is 0 Å². The van der Waals surface area contributed by atoms with Crippen molar-refractivity contribution in [1.82, 2.24) is 0 Å². The van der Waals surface area contributed by atoms with E-state index in [9.17, 15) is 14.7 Å². The van der Waals surface area contributed by atoms with Crippen LogP contribution < -0.4 is 5.73 Å². The lowest BCUT2D eigenvalue weighted by atomic mass is 9.91. The Labute approximate surface area is 106 Å². The molecule has 1 atom stereocenters. The maximum atomic E-state index is 12.0. The SMILES string of the molecule is CC(C)(C)OC(=O)C(N)(C(=O)O)c1ccccc1. The van der Waals surface area contributed by atoms with Crippen molar-refractivity contribution in [2.45, 2.75) is 31.9 Å². The Hall–Kier alpha value is -1.88. The lowest BCUT2D eigenvalue weighted by molar-refractivity contribution is -0.169. The molecule has 0 aliphatic carbocycles. The first-order chi connectivity index (χ1) is 8.18. The van der Waals surface area contributed by atoms with E-state index in [0.717, 1.165) is 0 Å². The molecule has 0 aliphatic rings.